The first-order valence-electron chi connectivity index (χ1n) is 10.8. The molecule has 0 bridgehead atoms. The number of nitrogens with zero attached hydrogens (tertiary/aromatic N) is 2. The second-order valence-electron chi connectivity index (χ2n) is 8.08. The summed E-state index contributed by atoms with van der Waals surface area (Å²) in [6.45, 7) is 2.45. The molecule has 1 amide bonds. The fourth-order valence-electron chi connectivity index (χ4n) is 4.21. The molecule has 2 heterocycles. The van der Waals surface area contributed by atoms with Crippen LogP contribution in [0.15, 0.2) is 59.6 Å². The van der Waals surface area contributed by atoms with Crippen molar-refractivity contribution in [3.8, 4) is 22.3 Å². The first-order chi connectivity index (χ1) is 16.2. The van der Waals surface area contributed by atoms with Gasteiger partial charge in [-0.25, -0.2) is 26.5 Å². The third kappa shape index (κ3) is 4.51. The zero-order chi connectivity index (χ0) is 24.5. The molecule has 34 heavy (non-hydrogen) atoms. The highest BCUT2D eigenvalue weighted by Crippen LogP contribution is 2.34. The first-order valence-corrected chi connectivity index (χ1v) is 12.2. The number of carbonyl (C=O) groups is 1. The van der Waals surface area contributed by atoms with E-state index in [2.05, 4.69) is 10.3 Å². The zero-order valence-electron chi connectivity index (χ0n) is 18.5. The SMILES string of the molecule is CC(=O)N(C1CCNCC1)S(=O)(=O)c1ccccc1-c1ccc(-c2cnc(N)c(F)c2)c(F)c1. The standard InChI is InChI=1S/C24H24F2N4O3S/c1-15(31)30(18-8-10-28-11-9-18)34(32,33)23-5-3-2-4-20(23)16-6-7-19(21(25)12-16)17-13-22(26)24(27)29-14-17/h2-7,12-14,18,28H,8-11H2,1H3,(H2,27,29). The highest BCUT2D eigenvalue weighted by atomic mass is 32.2. The predicted molar refractivity (Wildman–Crippen MR) is 125 cm³/mol. The third-order valence-electron chi connectivity index (χ3n) is 5.84. The molecular formula is C24H24F2N4O3S. The van der Waals surface area contributed by atoms with Gasteiger partial charge in [0.25, 0.3) is 10.0 Å². The van der Waals surface area contributed by atoms with Crippen LogP contribution >= 0.6 is 0 Å². The topological polar surface area (TPSA) is 105 Å². The number of rotatable bonds is 5. The molecule has 2 aromatic carbocycles. The molecule has 0 radical (unpaired) electrons. The minimum atomic E-state index is -4.20. The van der Waals surface area contributed by atoms with E-state index in [4.69, 9.17) is 5.73 Å². The number of pyridine rings is 1. The summed E-state index contributed by atoms with van der Waals surface area (Å²) in [6.07, 6.45) is 2.28. The first kappa shape index (κ1) is 23.8. The molecule has 0 saturated carbocycles. The molecule has 3 N–H and O–H groups in total. The van der Waals surface area contributed by atoms with Gasteiger partial charge >= 0.3 is 0 Å². The number of sulfonamides is 1. The van der Waals surface area contributed by atoms with Crippen LogP contribution in [0.1, 0.15) is 19.8 Å². The van der Waals surface area contributed by atoms with Crippen LogP contribution in [-0.2, 0) is 14.8 Å². The average molecular weight is 487 g/mol. The fraction of sp³-hybridized carbons (Fsp3) is 0.250. The summed E-state index contributed by atoms with van der Waals surface area (Å²) in [7, 11) is -4.20. The average Bonchev–Trinajstić information content (AvgIpc) is 2.81. The normalized spacial score (nSPS) is 14.7. The highest BCUT2D eigenvalue weighted by molar-refractivity contribution is 7.89. The van der Waals surface area contributed by atoms with Gasteiger partial charge in [-0.1, -0.05) is 30.3 Å². The van der Waals surface area contributed by atoms with Crippen LogP contribution in [0.2, 0.25) is 0 Å². The van der Waals surface area contributed by atoms with E-state index in [-0.39, 0.29) is 27.4 Å². The highest BCUT2D eigenvalue weighted by Gasteiger charge is 2.35. The monoisotopic (exact) mass is 486 g/mol. The molecular weight excluding hydrogens is 462 g/mol. The molecule has 0 spiro atoms. The van der Waals surface area contributed by atoms with Crippen molar-refractivity contribution in [1.29, 1.82) is 0 Å². The Labute approximate surface area is 196 Å². The number of carbonyl (C=O) groups excluding carboxylic acids is 1. The molecule has 178 valence electrons. The summed E-state index contributed by atoms with van der Waals surface area (Å²) >= 11 is 0. The van der Waals surface area contributed by atoms with Crippen molar-refractivity contribution < 1.29 is 22.0 Å². The van der Waals surface area contributed by atoms with Gasteiger partial charge in [-0.3, -0.25) is 4.79 Å². The summed E-state index contributed by atoms with van der Waals surface area (Å²) in [5.41, 5.74) is 6.25. The molecule has 1 aliphatic heterocycles. The molecule has 3 aromatic rings. The van der Waals surface area contributed by atoms with E-state index < -0.39 is 33.6 Å². The largest absolute Gasteiger partial charge is 0.381 e. The second-order valence-corrected chi connectivity index (χ2v) is 9.87. The summed E-state index contributed by atoms with van der Waals surface area (Å²) < 4.78 is 57.1. The molecule has 1 saturated heterocycles. The smallest absolute Gasteiger partial charge is 0.267 e. The molecule has 0 aliphatic carbocycles. The lowest BCUT2D eigenvalue weighted by Crippen LogP contribution is -2.48. The van der Waals surface area contributed by atoms with Gasteiger partial charge in [-0.05, 0) is 49.7 Å². The Morgan fingerprint density at radius 1 is 1.03 bits per heavy atom. The van der Waals surface area contributed by atoms with Crippen LogP contribution in [0.5, 0.6) is 0 Å². The van der Waals surface area contributed by atoms with Crippen molar-refractivity contribution in [3.63, 3.8) is 0 Å². The minimum absolute atomic E-state index is 0.0870. The van der Waals surface area contributed by atoms with Crippen molar-refractivity contribution in [3.05, 3.63) is 66.4 Å². The Morgan fingerprint density at radius 2 is 1.71 bits per heavy atom. The van der Waals surface area contributed by atoms with Gasteiger partial charge in [0.15, 0.2) is 11.6 Å². The molecule has 0 atom stereocenters. The van der Waals surface area contributed by atoms with E-state index in [1.54, 1.807) is 24.3 Å². The van der Waals surface area contributed by atoms with E-state index in [0.29, 0.717) is 31.5 Å². The predicted octanol–water partition coefficient (Wildman–Crippen LogP) is 3.57. The maximum atomic E-state index is 15.1. The number of amides is 1. The van der Waals surface area contributed by atoms with Crippen molar-refractivity contribution in [2.45, 2.75) is 30.7 Å². The molecule has 7 nitrogen and oxygen atoms in total. The number of nitrogen functional groups attached to an aromatic ring is 1. The fourth-order valence-corrected chi connectivity index (χ4v) is 6.08. The minimum Gasteiger partial charge on any atom is -0.381 e. The number of nitrogens with two attached hydrogens (primary N) is 1. The number of hydrogen-bond donors (Lipinski definition) is 2. The van der Waals surface area contributed by atoms with Crippen LogP contribution < -0.4 is 11.1 Å². The van der Waals surface area contributed by atoms with Crippen molar-refractivity contribution in [2.24, 2.45) is 0 Å². The molecule has 10 heteroatoms. The number of anilines is 1. The van der Waals surface area contributed by atoms with Crippen LogP contribution in [0, 0.1) is 11.6 Å². The number of aromatic nitrogens is 1. The number of halogens is 2. The van der Waals surface area contributed by atoms with Crippen molar-refractivity contribution in [2.75, 3.05) is 18.8 Å². The Hall–Kier alpha value is -3.37. The quantitative estimate of drug-likeness (QED) is 0.571. The van der Waals surface area contributed by atoms with Gasteiger partial charge in [-0.2, -0.15) is 0 Å². The summed E-state index contributed by atoms with van der Waals surface area (Å²) in [4.78, 5) is 16.1. The molecule has 1 aliphatic rings. The van der Waals surface area contributed by atoms with E-state index in [1.807, 2.05) is 0 Å². The molecule has 1 aromatic heterocycles. The maximum Gasteiger partial charge on any atom is 0.267 e. The van der Waals surface area contributed by atoms with Gasteiger partial charge in [0.05, 0.1) is 10.9 Å². The van der Waals surface area contributed by atoms with Crippen molar-refractivity contribution in [1.82, 2.24) is 14.6 Å². The molecule has 4 rings (SSSR count). The Kier molecular flexibility index (Phi) is 6.63. The van der Waals surface area contributed by atoms with E-state index in [0.717, 1.165) is 10.4 Å². The van der Waals surface area contributed by atoms with Crippen LogP contribution in [0.25, 0.3) is 22.3 Å². The third-order valence-corrected chi connectivity index (χ3v) is 7.82. The van der Waals surface area contributed by atoms with E-state index in [1.165, 1.54) is 31.3 Å². The number of benzene rings is 2. The number of piperidine rings is 1. The van der Waals surface area contributed by atoms with Gasteiger partial charge in [0, 0.05) is 29.8 Å². The lowest BCUT2D eigenvalue weighted by Gasteiger charge is -2.33. The number of nitrogens with one attached hydrogen (secondary N) is 1. The van der Waals surface area contributed by atoms with Crippen molar-refractivity contribution >= 4 is 21.7 Å². The van der Waals surface area contributed by atoms with E-state index >= 15 is 4.39 Å². The number of hydrogen-bond acceptors (Lipinski definition) is 6. The zero-order valence-corrected chi connectivity index (χ0v) is 19.3. The summed E-state index contributed by atoms with van der Waals surface area (Å²) in [6, 6.07) is 11.0. The van der Waals surface area contributed by atoms with Gasteiger partial charge in [0.1, 0.15) is 5.82 Å². The lowest BCUT2D eigenvalue weighted by atomic mass is 10.0. The lowest BCUT2D eigenvalue weighted by molar-refractivity contribution is -0.126. The molecule has 1 fully saturated rings. The van der Waals surface area contributed by atoms with Crippen LogP contribution in [0.4, 0.5) is 14.6 Å². The maximum absolute atomic E-state index is 15.1. The van der Waals surface area contributed by atoms with Gasteiger partial charge < -0.3 is 11.1 Å². The van der Waals surface area contributed by atoms with Crippen LogP contribution in [-0.4, -0.2) is 42.7 Å². The Balaban J connectivity index is 1.77. The van der Waals surface area contributed by atoms with Gasteiger partial charge in [0.2, 0.25) is 5.91 Å². The Morgan fingerprint density at radius 3 is 2.35 bits per heavy atom. The van der Waals surface area contributed by atoms with Gasteiger partial charge in [-0.15, -0.1) is 0 Å². The Bertz CT molecular complexity index is 1340. The molecule has 0 unspecified atom stereocenters. The van der Waals surface area contributed by atoms with E-state index in [9.17, 15) is 17.6 Å². The summed E-state index contributed by atoms with van der Waals surface area (Å²) in [5, 5.41) is 3.16. The van der Waals surface area contributed by atoms with Crippen LogP contribution in [0.3, 0.4) is 0 Å². The summed E-state index contributed by atoms with van der Waals surface area (Å²) in [5.74, 6) is -2.30. The second kappa shape index (κ2) is 9.47.